The molecule has 2 N–H and O–H groups in total. The van der Waals surface area contributed by atoms with Gasteiger partial charge in [0, 0.05) is 44.1 Å². The summed E-state index contributed by atoms with van der Waals surface area (Å²) >= 11 is 11.1. The van der Waals surface area contributed by atoms with Crippen molar-refractivity contribution in [3.8, 4) is 0 Å². The van der Waals surface area contributed by atoms with Gasteiger partial charge in [0.15, 0.2) is 4.77 Å². The van der Waals surface area contributed by atoms with Crippen molar-refractivity contribution in [2.45, 2.75) is 19.5 Å². The van der Waals surface area contributed by atoms with Crippen molar-refractivity contribution in [3.63, 3.8) is 0 Å². The molecule has 0 spiro atoms. The highest BCUT2D eigenvalue weighted by Gasteiger charge is 2.20. The number of H-pyrrole nitrogens is 2. The van der Waals surface area contributed by atoms with E-state index in [2.05, 4.69) is 19.9 Å². The molecular weight excluding hydrogens is 296 g/mol. The normalized spacial score (nSPS) is 15.1. The van der Waals surface area contributed by atoms with Gasteiger partial charge < -0.3 is 4.98 Å². The number of rotatable bonds is 2. The Labute approximate surface area is 125 Å². The SMILES string of the molecule is O=c1[nH]c(=S)[nH]c2c1CN(Cc1ccncc1Cl)CC2. The maximum Gasteiger partial charge on any atom is 0.256 e. The molecular formula is C13H13ClN4OS. The van der Waals surface area contributed by atoms with Crippen LogP contribution in [0.3, 0.4) is 0 Å². The quantitative estimate of drug-likeness (QED) is 0.833. The van der Waals surface area contributed by atoms with Gasteiger partial charge >= 0.3 is 0 Å². The standard InChI is InChI=1S/C13H13ClN4OS/c14-10-5-15-3-1-8(10)6-18-4-2-11-9(7-18)12(19)17-13(20)16-11/h1,3,5H,2,4,6-7H2,(H2,16,17,19,20). The Balaban J connectivity index is 1.84. The number of nitrogens with zero attached hydrogens (tertiary/aromatic N) is 2. The molecule has 5 nitrogen and oxygen atoms in total. The molecule has 20 heavy (non-hydrogen) atoms. The summed E-state index contributed by atoms with van der Waals surface area (Å²) in [5.74, 6) is 0. The molecule has 3 heterocycles. The number of halogens is 1. The molecule has 0 saturated carbocycles. The van der Waals surface area contributed by atoms with Crippen LogP contribution in [0.2, 0.25) is 5.02 Å². The Morgan fingerprint density at radius 1 is 1.45 bits per heavy atom. The lowest BCUT2D eigenvalue weighted by Crippen LogP contribution is -2.35. The highest BCUT2D eigenvalue weighted by atomic mass is 35.5. The molecule has 0 saturated heterocycles. The number of fused-ring (bicyclic) bond motifs is 1. The molecule has 2 aromatic heterocycles. The number of hydrogen-bond donors (Lipinski definition) is 2. The minimum Gasteiger partial charge on any atom is -0.335 e. The fraction of sp³-hybridized carbons (Fsp3) is 0.308. The van der Waals surface area contributed by atoms with E-state index in [1.165, 1.54) is 0 Å². The van der Waals surface area contributed by atoms with Crippen molar-refractivity contribution in [1.82, 2.24) is 19.9 Å². The largest absolute Gasteiger partial charge is 0.335 e. The van der Waals surface area contributed by atoms with Gasteiger partial charge in [-0.2, -0.15) is 0 Å². The van der Waals surface area contributed by atoms with Crippen molar-refractivity contribution >= 4 is 23.8 Å². The molecule has 2 aromatic rings. The second kappa shape index (κ2) is 5.47. The zero-order valence-corrected chi connectivity index (χ0v) is 12.2. The van der Waals surface area contributed by atoms with Gasteiger partial charge in [-0.25, -0.2) is 0 Å². The first-order chi connectivity index (χ1) is 9.63. The topological polar surface area (TPSA) is 64.8 Å². The van der Waals surface area contributed by atoms with Gasteiger partial charge in [-0.3, -0.25) is 19.7 Å². The summed E-state index contributed by atoms with van der Waals surface area (Å²) in [6.45, 7) is 2.16. The summed E-state index contributed by atoms with van der Waals surface area (Å²) in [6.07, 6.45) is 4.15. The Kier molecular flexibility index (Phi) is 3.69. The minimum absolute atomic E-state index is 0.103. The predicted molar refractivity (Wildman–Crippen MR) is 79.3 cm³/mol. The molecule has 0 fully saturated rings. The molecule has 0 bridgehead atoms. The second-order valence-corrected chi connectivity index (χ2v) is 5.61. The van der Waals surface area contributed by atoms with E-state index in [-0.39, 0.29) is 5.56 Å². The molecule has 1 aliphatic heterocycles. The van der Waals surface area contributed by atoms with Gasteiger partial charge in [-0.15, -0.1) is 0 Å². The van der Waals surface area contributed by atoms with Crippen LogP contribution in [0.4, 0.5) is 0 Å². The van der Waals surface area contributed by atoms with Crippen molar-refractivity contribution in [3.05, 3.63) is 55.4 Å². The molecule has 7 heteroatoms. The van der Waals surface area contributed by atoms with Crippen LogP contribution in [0.1, 0.15) is 16.8 Å². The van der Waals surface area contributed by atoms with Gasteiger partial charge in [0.2, 0.25) is 0 Å². The average molecular weight is 309 g/mol. The summed E-state index contributed by atoms with van der Waals surface area (Å²) in [7, 11) is 0. The van der Waals surface area contributed by atoms with Crippen LogP contribution >= 0.6 is 23.8 Å². The highest BCUT2D eigenvalue weighted by Crippen LogP contribution is 2.19. The first kappa shape index (κ1) is 13.5. The Morgan fingerprint density at radius 3 is 3.10 bits per heavy atom. The number of aromatic amines is 2. The first-order valence-corrected chi connectivity index (χ1v) is 7.07. The smallest absolute Gasteiger partial charge is 0.256 e. The van der Waals surface area contributed by atoms with Crippen LogP contribution in [-0.2, 0) is 19.5 Å². The van der Waals surface area contributed by atoms with E-state index in [1.807, 2.05) is 6.07 Å². The molecule has 0 aliphatic carbocycles. The van der Waals surface area contributed by atoms with E-state index in [4.69, 9.17) is 23.8 Å². The lowest BCUT2D eigenvalue weighted by Gasteiger charge is -2.27. The Hall–Kier alpha value is -1.50. The Morgan fingerprint density at radius 2 is 2.30 bits per heavy atom. The third kappa shape index (κ3) is 2.67. The molecule has 0 amide bonds. The van der Waals surface area contributed by atoms with Crippen LogP contribution in [0.15, 0.2) is 23.3 Å². The van der Waals surface area contributed by atoms with Crippen molar-refractivity contribution in [2.75, 3.05) is 6.54 Å². The van der Waals surface area contributed by atoms with Gasteiger partial charge in [0.1, 0.15) is 0 Å². The summed E-state index contributed by atoms with van der Waals surface area (Å²) < 4.78 is 0.388. The van der Waals surface area contributed by atoms with Crippen LogP contribution < -0.4 is 5.56 Å². The van der Waals surface area contributed by atoms with Gasteiger partial charge in [0.05, 0.1) is 10.6 Å². The van der Waals surface area contributed by atoms with Gasteiger partial charge in [0.25, 0.3) is 5.56 Å². The molecule has 1 aliphatic rings. The molecule has 0 aromatic carbocycles. The van der Waals surface area contributed by atoms with Crippen molar-refractivity contribution in [2.24, 2.45) is 0 Å². The lowest BCUT2D eigenvalue weighted by atomic mass is 10.1. The zero-order valence-electron chi connectivity index (χ0n) is 10.6. The summed E-state index contributed by atoms with van der Waals surface area (Å²) in [4.78, 5) is 23.8. The third-order valence-electron chi connectivity index (χ3n) is 3.44. The number of aromatic nitrogens is 3. The lowest BCUT2D eigenvalue weighted by molar-refractivity contribution is 0.241. The first-order valence-electron chi connectivity index (χ1n) is 6.28. The third-order valence-corrected chi connectivity index (χ3v) is 3.98. The fourth-order valence-corrected chi connectivity index (χ4v) is 2.82. The molecule has 104 valence electrons. The summed E-state index contributed by atoms with van der Waals surface area (Å²) in [6, 6.07) is 1.90. The highest BCUT2D eigenvalue weighted by molar-refractivity contribution is 7.71. The van der Waals surface area contributed by atoms with E-state index in [1.54, 1.807) is 12.4 Å². The summed E-state index contributed by atoms with van der Waals surface area (Å²) in [5, 5.41) is 0.652. The predicted octanol–water partition coefficient (Wildman–Crippen LogP) is 2.04. The monoisotopic (exact) mass is 308 g/mol. The van der Waals surface area contributed by atoms with Gasteiger partial charge in [-0.05, 0) is 23.8 Å². The van der Waals surface area contributed by atoms with E-state index in [9.17, 15) is 4.79 Å². The van der Waals surface area contributed by atoms with Crippen LogP contribution in [0.5, 0.6) is 0 Å². The van der Waals surface area contributed by atoms with Crippen LogP contribution in [0, 0.1) is 4.77 Å². The molecule has 0 unspecified atom stereocenters. The van der Waals surface area contributed by atoms with Crippen LogP contribution in [0.25, 0.3) is 0 Å². The number of pyridine rings is 1. The molecule has 0 atom stereocenters. The molecule has 3 rings (SSSR count). The average Bonchev–Trinajstić information content (AvgIpc) is 2.42. The van der Waals surface area contributed by atoms with E-state index in [0.29, 0.717) is 22.9 Å². The maximum absolute atomic E-state index is 11.9. The van der Waals surface area contributed by atoms with E-state index >= 15 is 0 Å². The van der Waals surface area contributed by atoms with Crippen molar-refractivity contribution in [1.29, 1.82) is 0 Å². The number of hydrogen-bond acceptors (Lipinski definition) is 4. The van der Waals surface area contributed by atoms with E-state index < -0.39 is 0 Å². The number of nitrogens with one attached hydrogen (secondary N) is 2. The minimum atomic E-state index is -0.103. The molecule has 0 radical (unpaired) electrons. The summed E-state index contributed by atoms with van der Waals surface area (Å²) in [5.41, 5.74) is 2.62. The maximum atomic E-state index is 11.9. The Bertz CT molecular complexity index is 755. The second-order valence-electron chi connectivity index (χ2n) is 4.79. The fourth-order valence-electron chi connectivity index (χ4n) is 2.42. The van der Waals surface area contributed by atoms with E-state index in [0.717, 1.165) is 29.8 Å². The zero-order chi connectivity index (χ0) is 14.1. The van der Waals surface area contributed by atoms with Crippen molar-refractivity contribution < 1.29 is 0 Å². The van der Waals surface area contributed by atoms with Gasteiger partial charge in [-0.1, -0.05) is 11.6 Å². The van der Waals surface area contributed by atoms with Crippen LogP contribution in [-0.4, -0.2) is 26.4 Å².